The topological polar surface area (TPSA) is 18.5 Å². The number of anilines is 1. The number of hydrogen-bond acceptors (Lipinski definition) is 3. The number of hydrogen-bond donors (Lipinski definition) is 1. The highest BCUT2D eigenvalue weighted by Gasteiger charge is 2.21. The molecular formula is C17H29N3. The van der Waals surface area contributed by atoms with Crippen LogP contribution in [0.4, 0.5) is 5.69 Å². The van der Waals surface area contributed by atoms with E-state index in [0.717, 1.165) is 13.1 Å². The molecule has 2 rings (SSSR count). The Hall–Kier alpha value is -1.06. The zero-order valence-electron chi connectivity index (χ0n) is 13.4. The normalized spacial score (nSPS) is 20.4. The minimum Gasteiger partial charge on any atom is -0.378 e. The molecule has 0 aromatic heterocycles. The molecule has 3 nitrogen and oxygen atoms in total. The molecule has 0 radical (unpaired) electrons. The fraction of sp³-hybridized carbons (Fsp3) is 0.647. The predicted molar refractivity (Wildman–Crippen MR) is 87.5 cm³/mol. The van der Waals surface area contributed by atoms with Crippen molar-refractivity contribution in [3.8, 4) is 0 Å². The Kier molecular flexibility index (Phi) is 5.44. The molecule has 1 saturated heterocycles. The van der Waals surface area contributed by atoms with Crippen LogP contribution in [-0.4, -0.2) is 44.7 Å². The smallest absolute Gasteiger partial charge is 0.0361 e. The van der Waals surface area contributed by atoms with Gasteiger partial charge in [0.2, 0.25) is 0 Å². The van der Waals surface area contributed by atoms with E-state index in [1.54, 1.807) is 0 Å². The number of benzene rings is 1. The summed E-state index contributed by atoms with van der Waals surface area (Å²) in [5.74, 6) is 0. The third-order valence-corrected chi connectivity index (χ3v) is 4.46. The van der Waals surface area contributed by atoms with Gasteiger partial charge in [-0.2, -0.15) is 0 Å². The Morgan fingerprint density at radius 2 is 1.95 bits per heavy atom. The number of nitrogens with one attached hydrogen (secondary N) is 1. The van der Waals surface area contributed by atoms with E-state index in [2.05, 4.69) is 67.3 Å². The molecule has 3 heteroatoms. The lowest BCUT2D eigenvalue weighted by molar-refractivity contribution is 0.202. The van der Waals surface area contributed by atoms with Crippen molar-refractivity contribution < 1.29 is 0 Å². The third kappa shape index (κ3) is 3.74. The summed E-state index contributed by atoms with van der Waals surface area (Å²) in [5.41, 5.74) is 2.68. The summed E-state index contributed by atoms with van der Waals surface area (Å²) in [5, 5.41) is 3.60. The summed E-state index contributed by atoms with van der Waals surface area (Å²) in [4.78, 5) is 4.72. The minimum atomic E-state index is 0.485. The van der Waals surface area contributed by atoms with Crippen LogP contribution in [0.15, 0.2) is 24.3 Å². The van der Waals surface area contributed by atoms with Crippen molar-refractivity contribution in [2.45, 2.75) is 38.8 Å². The first kappa shape index (κ1) is 15.3. The van der Waals surface area contributed by atoms with Crippen LogP contribution in [-0.2, 0) is 0 Å². The molecule has 1 aromatic rings. The number of likely N-dealkylation sites (N-methyl/N-ethyl adjacent to an activating group) is 1. The van der Waals surface area contributed by atoms with Gasteiger partial charge in [-0.3, -0.25) is 4.90 Å². The molecule has 2 atom stereocenters. The standard InChI is InChI=1S/C17H29N3/c1-5-20(13-16-7-6-12-18-16)14(2)15-8-10-17(11-9-15)19(3)4/h8-11,14,16,18H,5-7,12-13H2,1-4H3. The largest absolute Gasteiger partial charge is 0.378 e. The lowest BCUT2D eigenvalue weighted by Gasteiger charge is -2.31. The molecule has 112 valence electrons. The fourth-order valence-electron chi connectivity index (χ4n) is 3.02. The zero-order chi connectivity index (χ0) is 14.5. The monoisotopic (exact) mass is 275 g/mol. The van der Waals surface area contributed by atoms with Gasteiger partial charge >= 0.3 is 0 Å². The third-order valence-electron chi connectivity index (χ3n) is 4.46. The van der Waals surface area contributed by atoms with Crippen LogP contribution in [0.25, 0.3) is 0 Å². The summed E-state index contributed by atoms with van der Waals surface area (Å²) in [6.07, 6.45) is 2.65. The summed E-state index contributed by atoms with van der Waals surface area (Å²) in [6, 6.07) is 10.1. The molecule has 1 aromatic carbocycles. The molecule has 1 N–H and O–H groups in total. The average Bonchev–Trinajstić information content (AvgIpc) is 2.97. The van der Waals surface area contributed by atoms with Gasteiger partial charge in [-0.05, 0) is 50.6 Å². The van der Waals surface area contributed by atoms with E-state index in [-0.39, 0.29) is 0 Å². The second kappa shape index (κ2) is 7.09. The lowest BCUT2D eigenvalue weighted by Crippen LogP contribution is -2.38. The van der Waals surface area contributed by atoms with E-state index in [0.29, 0.717) is 12.1 Å². The quantitative estimate of drug-likeness (QED) is 0.861. The first-order valence-electron chi connectivity index (χ1n) is 7.86. The van der Waals surface area contributed by atoms with Crippen LogP contribution in [0.3, 0.4) is 0 Å². The van der Waals surface area contributed by atoms with Crippen molar-refractivity contribution in [2.75, 3.05) is 38.6 Å². The van der Waals surface area contributed by atoms with Gasteiger partial charge in [0.05, 0.1) is 0 Å². The highest BCUT2D eigenvalue weighted by atomic mass is 15.2. The van der Waals surface area contributed by atoms with Gasteiger partial charge in [0.15, 0.2) is 0 Å². The van der Waals surface area contributed by atoms with E-state index < -0.39 is 0 Å². The van der Waals surface area contributed by atoms with Crippen molar-refractivity contribution >= 4 is 5.69 Å². The first-order chi connectivity index (χ1) is 9.61. The van der Waals surface area contributed by atoms with Crippen molar-refractivity contribution in [2.24, 2.45) is 0 Å². The fourth-order valence-corrected chi connectivity index (χ4v) is 3.02. The Bertz CT molecular complexity index is 393. The Labute approximate surface area is 124 Å². The van der Waals surface area contributed by atoms with Gasteiger partial charge in [-0.1, -0.05) is 19.1 Å². The lowest BCUT2D eigenvalue weighted by atomic mass is 10.1. The van der Waals surface area contributed by atoms with E-state index in [1.165, 1.54) is 30.6 Å². The van der Waals surface area contributed by atoms with Gasteiger partial charge in [0.1, 0.15) is 0 Å². The molecule has 20 heavy (non-hydrogen) atoms. The highest BCUT2D eigenvalue weighted by Crippen LogP contribution is 2.23. The van der Waals surface area contributed by atoms with Crippen LogP contribution in [0.2, 0.25) is 0 Å². The molecular weight excluding hydrogens is 246 g/mol. The highest BCUT2D eigenvalue weighted by molar-refractivity contribution is 5.46. The van der Waals surface area contributed by atoms with Crippen LogP contribution in [0.5, 0.6) is 0 Å². The average molecular weight is 275 g/mol. The summed E-state index contributed by atoms with van der Waals surface area (Å²) in [6.45, 7) is 8.04. The van der Waals surface area contributed by atoms with Gasteiger partial charge in [0, 0.05) is 38.4 Å². The van der Waals surface area contributed by atoms with Crippen molar-refractivity contribution in [1.29, 1.82) is 0 Å². The molecule has 1 heterocycles. The predicted octanol–water partition coefficient (Wildman–Crippen LogP) is 2.89. The van der Waals surface area contributed by atoms with Crippen LogP contribution in [0.1, 0.15) is 38.3 Å². The molecule has 0 amide bonds. The Morgan fingerprint density at radius 1 is 1.25 bits per heavy atom. The van der Waals surface area contributed by atoms with Crippen LogP contribution in [0, 0.1) is 0 Å². The second-order valence-corrected chi connectivity index (χ2v) is 6.04. The first-order valence-corrected chi connectivity index (χ1v) is 7.86. The summed E-state index contributed by atoms with van der Waals surface area (Å²) < 4.78 is 0. The maximum absolute atomic E-state index is 3.60. The summed E-state index contributed by atoms with van der Waals surface area (Å²) >= 11 is 0. The van der Waals surface area contributed by atoms with Crippen molar-refractivity contribution in [3.63, 3.8) is 0 Å². The van der Waals surface area contributed by atoms with Crippen molar-refractivity contribution in [3.05, 3.63) is 29.8 Å². The number of rotatable bonds is 6. The van der Waals surface area contributed by atoms with E-state index in [1.807, 2.05) is 0 Å². The van der Waals surface area contributed by atoms with Gasteiger partial charge in [-0.15, -0.1) is 0 Å². The maximum atomic E-state index is 3.60. The van der Waals surface area contributed by atoms with E-state index >= 15 is 0 Å². The molecule has 0 saturated carbocycles. The SMILES string of the molecule is CCN(CC1CCCN1)C(C)c1ccc(N(C)C)cc1. The van der Waals surface area contributed by atoms with Gasteiger partial charge < -0.3 is 10.2 Å². The minimum absolute atomic E-state index is 0.485. The number of nitrogens with zero attached hydrogens (tertiary/aromatic N) is 2. The van der Waals surface area contributed by atoms with Crippen molar-refractivity contribution in [1.82, 2.24) is 10.2 Å². The molecule has 0 spiro atoms. The molecule has 0 bridgehead atoms. The maximum Gasteiger partial charge on any atom is 0.0361 e. The molecule has 1 fully saturated rings. The Balaban J connectivity index is 2.01. The molecule has 2 unspecified atom stereocenters. The Morgan fingerprint density at radius 3 is 2.45 bits per heavy atom. The molecule has 1 aliphatic heterocycles. The van der Waals surface area contributed by atoms with Gasteiger partial charge in [0.25, 0.3) is 0 Å². The van der Waals surface area contributed by atoms with E-state index in [4.69, 9.17) is 0 Å². The second-order valence-electron chi connectivity index (χ2n) is 6.04. The molecule has 0 aliphatic carbocycles. The van der Waals surface area contributed by atoms with Crippen LogP contribution >= 0.6 is 0 Å². The van der Waals surface area contributed by atoms with Gasteiger partial charge in [-0.25, -0.2) is 0 Å². The summed E-state index contributed by atoms with van der Waals surface area (Å²) in [7, 11) is 4.17. The van der Waals surface area contributed by atoms with Crippen LogP contribution < -0.4 is 10.2 Å². The zero-order valence-corrected chi connectivity index (χ0v) is 13.4. The van der Waals surface area contributed by atoms with E-state index in [9.17, 15) is 0 Å². The molecule has 1 aliphatic rings.